The highest BCUT2D eigenvalue weighted by atomic mass is 16.3. The Labute approximate surface area is 198 Å². The number of carbonyl (C=O) groups excluding carboxylic acids is 1. The zero-order valence-electron chi connectivity index (χ0n) is 20.8. The van der Waals surface area contributed by atoms with E-state index in [1.807, 2.05) is 26.0 Å². The maximum absolute atomic E-state index is 13.0. The molecule has 2 fully saturated rings. The second-order valence-electron chi connectivity index (χ2n) is 11.0. The van der Waals surface area contributed by atoms with Crippen LogP contribution in [0.15, 0.2) is 18.2 Å². The van der Waals surface area contributed by atoms with Crippen LogP contribution < -0.4 is 5.32 Å². The Morgan fingerprint density at radius 1 is 1.18 bits per heavy atom. The normalized spacial score (nSPS) is 22.2. The lowest BCUT2D eigenvalue weighted by atomic mass is 9.71. The lowest BCUT2D eigenvalue weighted by molar-refractivity contribution is -0.116. The molecule has 0 aliphatic heterocycles. The van der Waals surface area contributed by atoms with Crippen molar-refractivity contribution in [3.63, 3.8) is 0 Å². The second kappa shape index (κ2) is 9.96. The lowest BCUT2D eigenvalue weighted by Crippen LogP contribution is -2.27. The number of hydrogen-bond donors (Lipinski definition) is 2. The molecule has 6 heteroatoms. The van der Waals surface area contributed by atoms with Gasteiger partial charge in [0.2, 0.25) is 5.91 Å². The van der Waals surface area contributed by atoms with Crippen LogP contribution in [0.1, 0.15) is 106 Å². The molecule has 6 nitrogen and oxygen atoms in total. The third-order valence-electron chi connectivity index (χ3n) is 7.14. The number of nitrogens with zero attached hydrogens (tertiary/aromatic N) is 3. The zero-order valence-corrected chi connectivity index (χ0v) is 20.8. The first kappa shape index (κ1) is 23.9. The van der Waals surface area contributed by atoms with E-state index in [4.69, 9.17) is 0 Å². The SMILES string of the molecule is Cc1ccc(NC(=O)C[C@@H](C[C@H](C)O)c2nnc(C3CC(CC(C)C)C3)n2C2CC2)c(C)c1. The number of benzene rings is 1. The molecule has 1 aromatic carbocycles. The highest BCUT2D eigenvalue weighted by Gasteiger charge is 2.39. The van der Waals surface area contributed by atoms with Crippen LogP contribution in [0.3, 0.4) is 0 Å². The fraction of sp³-hybridized carbons (Fsp3) is 0.667. The average Bonchev–Trinajstić information content (AvgIpc) is 3.44. The Kier molecular flexibility index (Phi) is 7.22. The van der Waals surface area contributed by atoms with Gasteiger partial charge < -0.3 is 15.0 Å². The van der Waals surface area contributed by atoms with Gasteiger partial charge in [0, 0.05) is 30.0 Å². The van der Waals surface area contributed by atoms with Gasteiger partial charge in [0.25, 0.3) is 0 Å². The van der Waals surface area contributed by atoms with Crippen molar-refractivity contribution in [1.82, 2.24) is 14.8 Å². The first-order valence-corrected chi connectivity index (χ1v) is 12.7. The predicted molar refractivity (Wildman–Crippen MR) is 131 cm³/mol. The molecular formula is C27H40N4O2. The van der Waals surface area contributed by atoms with Crippen molar-refractivity contribution < 1.29 is 9.90 Å². The number of carbonyl (C=O) groups is 1. The molecule has 33 heavy (non-hydrogen) atoms. The molecule has 2 atom stereocenters. The number of amides is 1. The molecule has 0 unspecified atom stereocenters. The number of anilines is 1. The minimum absolute atomic E-state index is 0.0415. The third kappa shape index (κ3) is 5.84. The fourth-order valence-electron chi connectivity index (χ4n) is 5.46. The summed E-state index contributed by atoms with van der Waals surface area (Å²) in [6, 6.07) is 6.50. The molecule has 1 aromatic heterocycles. The van der Waals surface area contributed by atoms with Crippen LogP contribution in [0.4, 0.5) is 5.69 Å². The molecule has 180 valence electrons. The summed E-state index contributed by atoms with van der Waals surface area (Å²) in [5.74, 6) is 3.81. The van der Waals surface area contributed by atoms with Crippen LogP contribution in [0.25, 0.3) is 0 Å². The topological polar surface area (TPSA) is 80.0 Å². The number of aromatic nitrogens is 3. The number of aliphatic hydroxyl groups is 1. The van der Waals surface area contributed by atoms with Gasteiger partial charge in [0.05, 0.1) is 6.10 Å². The molecule has 0 saturated heterocycles. The van der Waals surface area contributed by atoms with Gasteiger partial charge in [-0.3, -0.25) is 4.79 Å². The van der Waals surface area contributed by atoms with E-state index in [0.29, 0.717) is 24.8 Å². The van der Waals surface area contributed by atoms with E-state index in [1.54, 1.807) is 6.92 Å². The number of aryl methyl sites for hydroxylation is 2. The molecule has 4 rings (SSSR count). The summed E-state index contributed by atoms with van der Waals surface area (Å²) in [7, 11) is 0. The number of aliphatic hydroxyl groups excluding tert-OH is 1. The Morgan fingerprint density at radius 3 is 2.52 bits per heavy atom. The summed E-state index contributed by atoms with van der Waals surface area (Å²) in [6.45, 7) is 10.4. The standard InChI is InChI=1S/C27H40N4O2/c1-16(2)10-20-13-22(14-20)27-30-29-26(31(27)23-7-8-23)21(12-19(5)32)15-25(33)28-24-9-6-17(3)11-18(24)4/h6,9,11,16,19-23,32H,7-8,10,12-15H2,1-5H3,(H,28,33)/t19-,20?,21+,22?/m0/s1. The highest BCUT2D eigenvalue weighted by Crippen LogP contribution is 2.48. The quantitative estimate of drug-likeness (QED) is 0.488. The molecule has 2 saturated carbocycles. The summed E-state index contributed by atoms with van der Waals surface area (Å²) < 4.78 is 2.34. The van der Waals surface area contributed by atoms with E-state index in [1.165, 1.54) is 24.8 Å². The zero-order chi connectivity index (χ0) is 23.7. The Bertz CT molecular complexity index is 970. The molecule has 1 heterocycles. The first-order valence-electron chi connectivity index (χ1n) is 12.7. The maximum Gasteiger partial charge on any atom is 0.225 e. The van der Waals surface area contributed by atoms with Crippen LogP contribution in [-0.4, -0.2) is 31.9 Å². The minimum atomic E-state index is -0.504. The molecule has 0 bridgehead atoms. The first-order chi connectivity index (χ1) is 15.7. The van der Waals surface area contributed by atoms with E-state index in [0.717, 1.165) is 47.6 Å². The van der Waals surface area contributed by atoms with Crippen molar-refractivity contribution in [3.05, 3.63) is 41.0 Å². The van der Waals surface area contributed by atoms with Crippen molar-refractivity contribution in [2.75, 3.05) is 5.32 Å². The average molecular weight is 453 g/mol. The van der Waals surface area contributed by atoms with Crippen molar-refractivity contribution in [2.24, 2.45) is 11.8 Å². The summed E-state index contributed by atoms with van der Waals surface area (Å²) in [4.78, 5) is 13.0. The van der Waals surface area contributed by atoms with Gasteiger partial charge in [-0.05, 0) is 82.8 Å². The molecule has 2 aromatic rings. The monoisotopic (exact) mass is 452 g/mol. The van der Waals surface area contributed by atoms with Crippen molar-refractivity contribution in [3.8, 4) is 0 Å². The van der Waals surface area contributed by atoms with Gasteiger partial charge in [-0.15, -0.1) is 10.2 Å². The lowest BCUT2D eigenvalue weighted by Gasteiger charge is -2.36. The van der Waals surface area contributed by atoms with Gasteiger partial charge in [-0.1, -0.05) is 31.5 Å². The van der Waals surface area contributed by atoms with Crippen LogP contribution >= 0.6 is 0 Å². The molecule has 2 aliphatic rings. The maximum atomic E-state index is 13.0. The molecule has 2 aliphatic carbocycles. The third-order valence-corrected chi connectivity index (χ3v) is 7.14. The van der Waals surface area contributed by atoms with Gasteiger partial charge in [0.15, 0.2) is 0 Å². The highest BCUT2D eigenvalue weighted by molar-refractivity contribution is 5.92. The van der Waals surface area contributed by atoms with E-state index in [2.05, 4.69) is 40.0 Å². The van der Waals surface area contributed by atoms with Crippen LogP contribution in [0.5, 0.6) is 0 Å². The molecular weight excluding hydrogens is 412 g/mol. The van der Waals surface area contributed by atoms with E-state index in [9.17, 15) is 9.90 Å². The smallest absolute Gasteiger partial charge is 0.225 e. The molecule has 1 amide bonds. The molecule has 0 spiro atoms. The van der Waals surface area contributed by atoms with Crippen LogP contribution in [0, 0.1) is 25.7 Å². The van der Waals surface area contributed by atoms with Crippen molar-refractivity contribution in [2.45, 2.75) is 104 Å². The minimum Gasteiger partial charge on any atom is -0.393 e. The summed E-state index contributed by atoms with van der Waals surface area (Å²) >= 11 is 0. The number of nitrogens with one attached hydrogen (secondary N) is 1. The van der Waals surface area contributed by atoms with Gasteiger partial charge in [0.1, 0.15) is 11.6 Å². The van der Waals surface area contributed by atoms with Gasteiger partial charge in [-0.2, -0.15) is 0 Å². The summed E-state index contributed by atoms with van der Waals surface area (Å²) in [6.07, 6.45) is 6.26. The molecule has 2 N–H and O–H groups in total. The summed E-state index contributed by atoms with van der Waals surface area (Å²) in [5.41, 5.74) is 3.07. The predicted octanol–water partition coefficient (Wildman–Crippen LogP) is 5.65. The molecule has 0 radical (unpaired) electrons. The van der Waals surface area contributed by atoms with E-state index in [-0.39, 0.29) is 11.8 Å². The van der Waals surface area contributed by atoms with Crippen molar-refractivity contribution >= 4 is 11.6 Å². The van der Waals surface area contributed by atoms with Crippen LogP contribution in [0.2, 0.25) is 0 Å². The largest absolute Gasteiger partial charge is 0.393 e. The number of hydrogen-bond acceptors (Lipinski definition) is 4. The van der Waals surface area contributed by atoms with Gasteiger partial charge in [-0.25, -0.2) is 0 Å². The van der Waals surface area contributed by atoms with Crippen molar-refractivity contribution in [1.29, 1.82) is 0 Å². The Morgan fingerprint density at radius 2 is 1.91 bits per heavy atom. The Hall–Kier alpha value is -2.21. The fourth-order valence-corrected chi connectivity index (χ4v) is 5.46. The second-order valence-corrected chi connectivity index (χ2v) is 11.0. The van der Waals surface area contributed by atoms with E-state index >= 15 is 0 Å². The van der Waals surface area contributed by atoms with E-state index < -0.39 is 6.10 Å². The van der Waals surface area contributed by atoms with Crippen LogP contribution in [-0.2, 0) is 4.79 Å². The summed E-state index contributed by atoms with van der Waals surface area (Å²) in [5, 5.41) is 22.6. The Balaban J connectivity index is 1.51. The van der Waals surface area contributed by atoms with Gasteiger partial charge >= 0.3 is 0 Å². The number of rotatable bonds is 10.